The van der Waals surface area contributed by atoms with E-state index in [-0.39, 0.29) is 5.82 Å². The second-order valence-electron chi connectivity index (χ2n) is 4.49. The predicted molar refractivity (Wildman–Crippen MR) is 82.4 cm³/mol. The maximum atomic E-state index is 13.6. The van der Waals surface area contributed by atoms with E-state index in [4.69, 9.17) is 11.6 Å². The number of aromatic nitrogens is 2. The Morgan fingerprint density at radius 2 is 1.80 bits per heavy atom. The van der Waals surface area contributed by atoms with Crippen molar-refractivity contribution in [2.75, 3.05) is 0 Å². The van der Waals surface area contributed by atoms with Gasteiger partial charge in [-0.3, -0.25) is 0 Å². The van der Waals surface area contributed by atoms with Crippen LogP contribution in [0.25, 0.3) is 22.3 Å². The van der Waals surface area contributed by atoms with Crippen molar-refractivity contribution >= 4 is 38.4 Å². The molecule has 0 aliphatic heterocycles. The minimum atomic E-state index is -0.373. The van der Waals surface area contributed by atoms with Gasteiger partial charge < -0.3 is 0 Å². The maximum Gasteiger partial charge on any atom is 0.161 e. The molecule has 1 heterocycles. The first-order chi connectivity index (χ1) is 9.54. The lowest BCUT2D eigenvalue weighted by atomic mass is 10.1. The summed E-state index contributed by atoms with van der Waals surface area (Å²) in [5, 5.41) is 0.932. The fourth-order valence-electron chi connectivity index (χ4n) is 1.92. The maximum absolute atomic E-state index is 13.6. The summed E-state index contributed by atoms with van der Waals surface area (Å²) >= 11 is 9.31. The van der Waals surface area contributed by atoms with E-state index >= 15 is 0 Å². The number of hydrogen-bond acceptors (Lipinski definition) is 2. The summed E-state index contributed by atoms with van der Waals surface area (Å²) in [5.41, 5.74) is 2.49. The molecular weight excluding hydrogens is 343 g/mol. The molecule has 0 atom stereocenters. The number of fused-ring (bicyclic) bond motifs is 1. The van der Waals surface area contributed by atoms with Gasteiger partial charge in [-0.1, -0.05) is 41.4 Å². The van der Waals surface area contributed by atoms with Crippen LogP contribution in [0.15, 0.2) is 40.9 Å². The van der Waals surface area contributed by atoms with Gasteiger partial charge in [0.1, 0.15) is 11.0 Å². The lowest BCUT2D eigenvalue weighted by Crippen LogP contribution is -1.93. The number of benzene rings is 2. The number of halogens is 3. The molecule has 0 saturated carbocycles. The molecule has 2 aromatic carbocycles. The Kier molecular flexibility index (Phi) is 3.44. The Balaban J connectivity index is 2.23. The highest BCUT2D eigenvalue weighted by atomic mass is 79.9. The smallest absolute Gasteiger partial charge is 0.161 e. The average Bonchev–Trinajstić information content (AvgIpc) is 2.42. The zero-order valence-corrected chi connectivity index (χ0v) is 12.8. The second-order valence-corrected chi connectivity index (χ2v) is 5.70. The van der Waals surface area contributed by atoms with Crippen molar-refractivity contribution < 1.29 is 4.39 Å². The highest BCUT2D eigenvalue weighted by Crippen LogP contribution is 2.29. The van der Waals surface area contributed by atoms with Gasteiger partial charge in [-0.25, -0.2) is 14.4 Å². The molecule has 0 radical (unpaired) electrons. The van der Waals surface area contributed by atoms with Crippen LogP contribution in [0.4, 0.5) is 4.39 Å². The van der Waals surface area contributed by atoms with Crippen molar-refractivity contribution in [3.8, 4) is 11.4 Å². The third-order valence-corrected chi connectivity index (χ3v) is 3.90. The van der Waals surface area contributed by atoms with Gasteiger partial charge in [0.15, 0.2) is 5.82 Å². The van der Waals surface area contributed by atoms with Crippen LogP contribution < -0.4 is 0 Å². The molecule has 100 valence electrons. The van der Waals surface area contributed by atoms with E-state index in [1.165, 1.54) is 6.07 Å². The van der Waals surface area contributed by atoms with Gasteiger partial charge in [0.2, 0.25) is 0 Å². The van der Waals surface area contributed by atoms with Crippen LogP contribution in [0.3, 0.4) is 0 Å². The number of aryl methyl sites for hydroxylation is 1. The van der Waals surface area contributed by atoms with Crippen molar-refractivity contribution in [3.63, 3.8) is 0 Å². The molecule has 0 bridgehead atoms. The normalized spacial score (nSPS) is 11.0. The van der Waals surface area contributed by atoms with E-state index in [1.807, 2.05) is 31.2 Å². The third kappa shape index (κ3) is 2.41. The molecule has 1 aromatic heterocycles. The zero-order chi connectivity index (χ0) is 14.3. The molecule has 0 aliphatic carbocycles. The highest BCUT2D eigenvalue weighted by molar-refractivity contribution is 9.10. The lowest BCUT2D eigenvalue weighted by Gasteiger charge is -2.06. The van der Waals surface area contributed by atoms with Crippen molar-refractivity contribution in [3.05, 3.63) is 57.4 Å². The Bertz CT molecular complexity index is 803. The summed E-state index contributed by atoms with van der Waals surface area (Å²) in [7, 11) is 0. The Hall–Kier alpha value is -1.52. The molecule has 0 aliphatic rings. The first-order valence-corrected chi connectivity index (χ1v) is 7.11. The minimum Gasteiger partial charge on any atom is -0.228 e. The molecule has 0 N–H and O–H groups in total. The van der Waals surface area contributed by atoms with Crippen LogP contribution in [0.5, 0.6) is 0 Å². The van der Waals surface area contributed by atoms with Gasteiger partial charge in [0.25, 0.3) is 0 Å². The Morgan fingerprint density at radius 3 is 2.50 bits per heavy atom. The summed E-state index contributed by atoms with van der Waals surface area (Å²) in [6.07, 6.45) is 0. The first kappa shape index (κ1) is 13.5. The second kappa shape index (κ2) is 5.11. The summed E-state index contributed by atoms with van der Waals surface area (Å²) in [6.45, 7) is 2.00. The largest absolute Gasteiger partial charge is 0.228 e. The van der Waals surface area contributed by atoms with Crippen LogP contribution in [0.1, 0.15) is 5.56 Å². The van der Waals surface area contributed by atoms with Crippen LogP contribution in [-0.2, 0) is 0 Å². The number of nitrogens with zero attached hydrogens (tertiary/aromatic N) is 2. The number of rotatable bonds is 1. The van der Waals surface area contributed by atoms with E-state index in [0.29, 0.717) is 26.4 Å². The standard InChI is InChI=1S/C15H9BrClFN2/c1-8-2-4-9(5-3-8)15-19-13-7-12(18)11(16)6-10(13)14(17)20-15/h2-7H,1H3. The molecule has 0 amide bonds. The van der Waals surface area contributed by atoms with Crippen molar-refractivity contribution in [2.24, 2.45) is 0 Å². The monoisotopic (exact) mass is 350 g/mol. The summed E-state index contributed by atoms with van der Waals surface area (Å²) in [5.74, 6) is 0.117. The highest BCUT2D eigenvalue weighted by Gasteiger charge is 2.11. The third-order valence-electron chi connectivity index (χ3n) is 3.00. The zero-order valence-electron chi connectivity index (χ0n) is 10.5. The van der Waals surface area contributed by atoms with Crippen LogP contribution >= 0.6 is 27.5 Å². The molecular formula is C15H9BrClFN2. The molecule has 5 heteroatoms. The summed E-state index contributed by atoms with van der Waals surface area (Å²) in [6, 6.07) is 10.7. The quantitative estimate of drug-likeness (QED) is 0.566. The van der Waals surface area contributed by atoms with Crippen LogP contribution in [0, 0.1) is 12.7 Å². The fraction of sp³-hybridized carbons (Fsp3) is 0.0667. The Labute approximate surface area is 128 Å². The fourth-order valence-corrected chi connectivity index (χ4v) is 2.49. The van der Waals surface area contributed by atoms with Crippen molar-refractivity contribution in [1.82, 2.24) is 9.97 Å². The molecule has 0 unspecified atom stereocenters. The van der Waals surface area contributed by atoms with Gasteiger partial charge >= 0.3 is 0 Å². The van der Waals surface area contributed by atoms with E-state index in [1.54, 1.807) is 6.07 Å². The van der Waals surface area contributed by atoms with E-state index in [9.17, 15) is 4.39 Å². The van der Waals surface area contributed by atoms with Crippen LogP contribution in [-0.4, -0.2) is 9.97 Å². The summed E-state index contributed by atoms with van der Waals surface area (Å²) < 4.78 is 14.0. The molecule has 0 saturated heterocycles. The molecule has 0 fully saturated rings. The van der Waals surface area contributed by atoms with Gasteiger partial charge in [-0.2, -0.15) is 0 Å². The molecule has 3 aromatic rings. The summed E-state index contributed by atoms with van der Waals surface area (Å²) in [4.78, 5) is 8.66. The van der Waals surface area contributed by atoms with Crippen molar-refractivity contribution in [1.29, 1.82) is 0 Å². The van der Waals surface area contributed by atoms with Gasteiger partial charge in [-0.15, -0.1) is 0 Å². The molecule has 3 rings (SSSR count). The predicted octanol–water partition coefficient (Wildman–Crippen LogP) is 5.16. The van der Waals surface area contributed by atoms with Gasteiger partial charge in [0.05, 0.1) is 9.99 Å². The molecule has 20 heavy (non-hydrogen) atoms. The molecule has 0 spiro atoms. The minimum absolute atomic E-state index is 0.311. The first-order valence-electron chi connectivity index (χ1n) is 5.94. The average molecular weight is 352 g/mol. The van der Waals surface area contributed by atoms with Gasteiger partial charge in [-0.05, 0) is 28.9 Å². The van der Waals surface area contributed by atoms with Crippen molar-refractivity contribution in [2.45, 2.75) is 6.92 Å². The van der Waals surface area contributed by atoms with E-state index < -0.39 is 0 Å². The van der Waals surface area contributed by atoms with E-state index in [2.05, 4.69) is 25.9 Å². The molecule has 2 nitrogen and oxygen atoms in total. The number of hydrogen-bond donors (Lipinski definition) is 0. The Morgan fingerprint density at radius 1 is 1.10 bits per heavy atom. The van der Waals surface area contributed by atoms with E-state index in [0.717, 1.165) is 11.1 Å². The SMILES string of the molecule is Cc1ccc(-c2nc(Cl)c3cc(Br)c(F)cc3n2)cc1. The van der Waals surface area contributed by atoms with Gasteiger partial charge in [0, 0.05) is 17.0 Å². The lowest BCUT2D eigenvalue weighted by molar-refractivity contribution is 0.623. The van der Waals surface area contributed by atoms with Crippen LogP contribution in [0.2, 0.25) is 5.15 Å². The topological polar surface area (TPSA) is 25.8 Å².